The minimum Gasteiger partial charge on any atom is -0.422 e. The van der Waals surface area contributed by atoms with E-state index < -0.39 is 18.2 Å². The van der Waals surface area contributed by atoms with Crippen molar-refractivity contribution in [3.05, 3.63) is 24.3 Å². The lowest BCUT2D eigenvalue weighted by atomic mass is 10.0. The first-order chi connectivity index (χ1) is 14.4. The van der Waals surface area contributed by atoms with Crippen molar-refractivity contribution >= 4 is 11.9 Å². The van der Waals surface area contributed by atoms with E-state index in [0.717, 1.165) is 19.3 Å². The van der Waals surface area contributed by atoms with E-state index >= 15 is 0 Å². The number of ether oxygens (including phenoxy) is 2. The normalized spacial score (nSPS) is 10.8. The van der Waals surface area contributed by atoms with Crippen molar-refractivity contribution in [2.45, 2.75) is 130 Å². The monoisotopic (exact) mass is 422 g/mol. The summed E-state index contributed by atoms with van der Waals surface area (Å²) in [5.41, 5.74) is 0.589. The van der Waals surface area contributed by atoms with Gasteiger partial charge in [-0.1, -0.05) is 110 Å². The van der Waals surface area contributed by atoms with E-state index in [0.29, 0.717) is 17.6 Å². The molecule has 4 heteroatoms. The third kappa shape index (κ3) is 17.3. The molecule has 0 spiro atoms. The third-order valence-corrected chi connectivity index (χ3v) is 5.22. The van der Waals surface area contributed by atoms with E-state index in [4.69, 9.17) is 9.47 Å². The van der Waals surface area contributed by atoms with Gasteiger partial charge in [-0.05, 0) is 20.3 Å². The second-order valence-electron chi connectivity index (χ2n) is 8.54. The number of esters is 2. The Kier molecular flexibility index (Phi) is 18.4. The quantitative estimate of drug-likeness (QED) is 0.0868. The third-order valence-electron chi connectivity index (χ3n) is 5.22. The molecule has 0 bridgehead atoms. The summed E-state index contributed by atoms with van der Waals surface area (Å²) in [7, 11) is 0. The maximum absolute atomic E-state index is 11.7. The molecule has 0 aromatic heterocycles. The van der Waals surface area contributed by atoms with Gasteiger partial charge in [-0.2, -0.15) is 0 Å². The number of hydrogen-bond acceptors (Lipinski definition) is 4. The Morgan fingerprint density at radius 3 is 1.20 bits per heavy atom. The molecule has 0 aromatic rings. The standard InChI is InChI=1S/C26H46O4/c1-6-7-8-9-10-11-12-13-14-15-16-17-18-19-20-21-24(29-25(27)22(2)3)30-26(28)23(4)5/h24H,2,4,6-21H2,1,3,5H3. The van der Waals surface area contributed by atoms with E-state index in [1.165, 1.54) is 77.0 Å². The molecular weight excluding hydrogens is 376 g/mol. The summed E-state index contributed by atoms with van der Waals surface area (Å²) in [5.74, 6) is -1.06. The summed E-state index contributed by atoms with van der Waals surface area (Å²) in [6, 6.07) is 0. The zero-order chi connectivity index (χ0) is 22.6. The lowest BCUT2D eigenvalue weighted by Gasteiger charge is -2.18. The van der Waals surface area contributed by atoms with Gasteiger partial charge in [0.2, 0.25) is 6.29 Å². The number of rotatable bonds is 20. The molecular formula is C26H46O4. The first kappa shape index (κ1) is 28.4. The van der Waals surface area contributed by atoms with Crippen LogP contribution in [0.25, 0.3) is 0 Å². The zero-order valence-electron chi connectivity index (χ0n) is 19.9. The van der Waals surface area contributed by atoms with Crippen LogP contribution in [0, 0.1) is 0 Å². The van der Waals surface area contributed by atoms with E-state index in [-0.39, 0.29) is 0 Å². The molecule has 0 rings (SSSR count). The van der Waals surface area contributed by atoms with Crippen LogP contribution in [-0.4, -0.2) is 18.2 Å². The average molecular weight is 423 g/mol. The Bertz CT molecular complexity index is 467. The fraction of sp³-hybridized carbons (Fsp3) is 0.769. The second-order valence-corrected chi connectivity index (χ2v) is 8.54. The molecule has 0 aromatic carbocycles. The summed E-state index contributed by atoms with van der Waals surface area (Å²) >= 11 is 0. The van der Waals surface area contributed by atoms with Crippen molar-refractivity contribution in [1.82, 2.24) is 0 Å². The molecule has 0 amide bonds. The Hall–Kier alpha value is -1.58. The highest BCUT2D eigenvalue weighted by Crippen LogP contribution is 2.16. The SMILES string of the molecule is C=C(C)C(=O)OC(CCCCCCCCCCCCCCCCC)OC(=O)C(=C)C. The highest BCUT2D eigenvalue weighted by Gasteiger charge is 2.19. The van der Waals surface area contributed by atoms with E-state index in [2.05, 4.69) is 20.1 Å². The molecule has 174 valence electrons. The highest BCUT2D eigenvalue weighted by molar-refractivity contribution is 5.88. The molecule has 0 saturated heterocycles. The predicted octanol–water partition coefficient (Wildman–Crippen LogP) is 7.81. The Morgan fingerprint density at radius 2 is 0.900 bits per heavy atom. The molecule has 0 atom stereocenters. The first-order valence-electron chi connectivity index (χ1n) is 12.1. The van der Waals surface area contributed by atoms with Crippen LogP contribution in [0.1, 0.15) is 124 Å². The molecule has 4 nitrogen and oxygen atoms in total. The molecule has 0 aliphatic rings. The van der Waals surface area contributed by atoms with Crippen molar-refractivity contribution in [3.8, 4) is 0 Å². The summed E-state index contributed by atoms with van der Waals surface area (Å²) in [6.45, 7) is 12.6. The largest absolute Gasteiger partial charge is 0.422 e. The van der Waals surface area contributed by atoms with E-state index in [1.54, 1.807) is 13.8 Å². The lowest BCUT2D eigenvalue weighted by Crippen LogP contribution is -2.25. The van der Waals surface area contributed by atoms with E-state index in [1.807, 2.05) is 0 Å². The smallest absolute Gasteiger partial charge is 0.336 e. The van der Waals surface area contributed by atoms with Gasteiger partial charge in [-0.15, -0.1) is 0 Å². The maximum Gasteiger partial charge on any atom is 0.336 e. The number of carbonyl (C=O) groups excluding carboxylic acids is 2. The Labute approximate surface area is 185 Å². The van der Waals surface area contributed by atoms with Crippen molar-refractivity contribution in [3.63, 3.8) is 0 Å². The van der Waals surface area contributed by atoms with Crippen molar-refractivity contribution in [1.29, 1.82) is 0 Å². The van der Waals surface area contributed by atoms with Crippen LogP contribution in [0.2, 0.25) is 0 Å². The summed E-state index contributed by atoms with van der Waals surface area (Å²) in [6.07, 6.45) is 19.0. The molecule has 0 aliphatic carbocycles. The molecule has 0 radical (unpaired) electrons. The summed E-state index contributed by atoms with van der Waals surface area (Å²) < 4.78 is 10.5. The minimum absolute atomic E-state index is 0.294. The Morgan fingerprint density at radius 1 is 0.600 bits per heavy atom. The highest BCUT2D eigenvalue weighted by atomic mass is 16.7. The van der Waals surface area contributed by atoms with Crippen molar-refractivity contribution < 1.29 is 19.1 Å². The molecule has 30 heavy (non-hydrogen) atoms. The van der Waals surface area contributed by atoms with Gasteiger partial charge in [-0.25, -0.2) is 9.59 Å². The van der Waals surface area contributed by atoms with Gasteiger partial charge >= 0.3 is 11.9 Å². The second kappa shape index (κ2) is 19.4. The summed E-state index contributed by atoms with van der Waals surface area (Å²) in [5, 5.41) is 0. The fourth-order valence-electron chi connectivity index (χ4n) is 3.26. The van der Waals surface area contributed by atoms with Crippen LogP contribution in [0.15, 0.2) is 24.3 Å². The van der Waals surface area contributed by atoms with Gasteiger partial charge in [0.05, 0.1) is 0 Å². The van der Waals surface area contributed by atoms with Crippen molar-refractivity contribution in [2.75, 3.05) is 0 Å². The molecule has 0 N–H and O–H groups in total. The minimum atomic E-state index is -0.861. The average Bonchev–Trinajstić information content (AvgIpc) is 2.70. The van der Waals surface area contributed by atoms with Gasteiger partial charge in [0.1, 0.15) is 0 Å². The number of unbranched alkanes of at least 4 members (excludes halogenated alkanes) is 14. The van der Waals surface area contributed by atoms with Crippen LogP contribution < -0.4 is 0 Å². The van der Waals surface area contributed by atoms with Gasteiger partial charge < -0.3 is 9.47 Å². The van der Waals surface area contributed by atoms with Crippen LogP contribution in [0.5, 0.6) is 0 Å². The van der Waals surface area contributed by atoms with Gasteiger partial charge in [0.25, 0.3) is 0 Å². The first-order valence-corrected chi connectivity index (χ1v) is 12.1. The Balaban J connectivity index is 3.71. The molecule has 0 heterocycles. The van der Waals surface area contributed by atoms with Crippen LogP contribution >= 0.6 is 0 Å². The predicted molar refractivity (Wildman–Crippen MR) is 125 cm³/mol. The molecule has 0 unspecified atom stereocenters. The van der Waals surface area contributed by atoms with Gasteiger partial charge in [-0.3, -0.25) is 0 Å². The van der Waals surface area contributed by atoms with Crippen LogP contribution in [0.4, 0.5) is 0 Å². The lowest BCUT2D eigenvalue weighted by molar-refractivity contribution is -0.183. The van der Waals surface area contributed by atoms with Crippen molar-refractivity contribution in [2.24, 2.45) is 0 Å². The van der Waals surface area contributed by atoms with Gasteiger partial charge in [0, 0.05) is 17.6 Å². The van der Waals surface area contributed by atoms with Crippen LogP contribution in [0.3, 0.4) is 0 Å². The van der Waals surface area contributed by atoms with Crippen LogP contribution in [-0.2, 0) is 19.1 Å². The molecule has 0 fully saturated rings. The van der Waals surface area contributed by atoms with Gasteiger partial charge in [0.15, 0.2) is 0 Å². The fourth-order valence-corrected chi connectivity index (χ4v) is 3.26. The molecule has 0 saturated carbocycles. The zero-order valence-corrected chi connectivity index (χ0v) is 19.9. The molecule has 0 aliphatic heterocycles. The summed E-state index contributed by atoms with van der Waals surface area (Å²) in [4.78, 5) is 23.5. The number of hydrogen-bond donors (Lipinski definition) is 0. The number of carbonyl (C=O) groups is 2. The topological polar surface area (TPSA) is 52.6 Å². The van der Waals surface area contributed by atoms with E-state index in [9.17, 15) is 9.59 Å². The maximum atomic E-state index is 11.7.